The summed E-state index contributed by atoms with van der Waals surface area (Å²) in [7, 11) is 4.96. The number of methoxy groups -OCH3 is 3. The van der Waals surface area contributed by atoms with Crippen LogP contribution in [0.5, 0.6) is 11.5 Å². The van der Waals surface area contributed by atoms with Gasteiger partial charge in [0.15, 0.2) is 0 Å². The van der Waals surface area contributed by atoms with Gasteiger partial charge in [0.2, 0.25) is 6.29 Å². The molecule has 0 amide bonds. The highest BCUT2D eigenvalue weighted by molar-refractivity contribution is 5.41. The highest BCUT2D eigenvalue weighted by Crippen LogP contribution is 2.64. The summed E-state index contributed by atoms with van der Waals surface area (Å²) in [5.74, 6) is 1.48. The average molecular weight is 376 g/mol. The lowest BCUT2D eigenvalue weighted by atomic mass is 9.58. The van der Waals surface area contributed by atoms with E-state index in [1.807, 2.05) is 18.2 Å². The van der Waals surface area contributed by atoms with Crippen molar-refractivity contribution in [2.45, 2.75) is 50.1 Å². The van der Waals surface area contributed by atoms with Crippen LogP contribution in [0.2, 0.25) is 0 Å². The maximum atomic E-state index is 6.40. The van der Waals surface area contributed by atoms with Crippen molar-refractivity contribution >= 4 is 0 Å². The van der Waals surface area contributed by atoms with Crippen molar-refractivity contribution in [3.8, 4) is 11.5 Å². The molecule has 2 bridgehead atoms. The Balaban J connectivity index is 1.81. The summed E-state index contributed by atoms with van der Waals surface area (Å²) >= 11 is 0. The van der Waals surface area contributed by atoms with Gasteiger partial charge in [-0.1, -0.05) is 12.8 Å². The molecule has 2 fully saturated rings. The molecule has 2 aliphatic heterocycles. The fourth-order valence-electron chi connectivity index (χ4n) is 5.07. The van der Waals surface area contributed by atoms with E-state index in [2.05, 4.69) is 6.08 Å². The van der Waals surface area contributed by atoms with Crippen LogP contribution < -0.4 is 9.47 Å². The summed E-state index contributed by atoms with van der Waals surface area (Å²) in [6.45, 7) is 0.206. The quantitative estimate of drug-likeness (QED) is 0.672. The first-order chi connectivity index (χ1) is 13.2. The van der Waals surface area contributed by atoms with Gasteiger partial charge in [0.05, 0.1) is 26.6 Å². The van der Waals surface area contributed by atoms with Gasteiger partial charge >= 0.3 is 0 Å². The maximum Gasteiger partial charge on any atom is 0.200 e. The van der Waals surface area contributed by atoms with Crippen molar-refractivity contribution in [1.82, 2.24) is 0 Å². The van der Waals surface area contributed by atoms with E-state index in [1.165, 1.54) is 0 Å². The Labute approximate surface area is 160 Å². The molecule has 1 aromatic rings. The molecule has 1 saturated carbocycles. The molecule has 1 aromatic carbocycles. The standard InChI is InChI=1S/C21H28O6/c1-22-14-26-19(15-10-16(23-2)12-17(11-15)24-3)20-6-4-5-7-21(20)8-9-25-18(13-20)27-21/h8-12,18-19H,4-7,13-14H2,1-3H3/t18-,19+,20+,21-/m1/s1. The van der Waals surface area contributed by atoms with Crippen LogP contribution in [0.15, 0.2) is 30.5 Å². The maximum absolute atomic E-state index is 6.40. The molecule has 6 nitrogen and oxygen atoms in total. The number of benzene rings is 1. The van der Waals surface area contributed by atoms with Crippen molar-refractivity contribution in [3.63, 3.8) is 0 Å². The lowest BCUT2D eigenvalue weighted by Crippen LogP contribution is -2.50. The first-order valence-corrected chi connectivity index (χ1v) is 9.51. The monoisotopic (exact) mass is 376 g/mol. The van der Waals surface area contributed by atoms with Gasteiger partial charge in [0.1, 0.15) is 23.9 Å². The molecule has 6 heteroatoms. The zero-order valence-electron chi connectivity index (χ0n) is 16.2. The van der Waals surface area contributed by atoms with E-state index in [0.717, 1.165) is 49.2 Å². The fraction of sp³-hybridized carbons (Fsp3) is 0.619. The van der Waals surface area contributed by atoms with E-state index in [9.17, 15) is 0 Å². The summed E-state index contributed by atoms with van der Waals surface area (Å²) < 4.78 is 34.7. The topological polar surface area (TPSA) is 55.4 Å². The summed E-state index contributed by atoms with van der Waals surface area (Å²) in [6.07, 6.45) is 8.48. The molecule has 2 heterocycles. The number of ether oxygens (including phenoxy) is 6. The van der Waals surface area contributed by atoms with Gasteiger partial charge < -0.3 is 28.4 Å². The summed E-state index contributed by atoms with van der Waals surface area (Å²) in [5, 5.41) is 0. The Bertz CT molecular complexity index is 682. The van der Waals surface area contributed by atoms with Crippen molar-refractivity contribution in [3.05, 3.63) is 36.1 Å². The van der Waals surface area contributed by atoms with Crippen molar-refractivity contribution in [1.29, 1.82) is 0 Å². The zero-order valence-corrected chi connectivity index (χ0v) is 16.2. The second-order valence-electron chi connectivity index (χ2n) is 7.54. The average Bonchev–Trinajstić information content (AvgIpc) is 2.94. The molecule has 0 unspecified atom stereocenters. The second-order valence-corrected chi connectivity index (χ2v) is 7.54. The number of hydrogen-bond acceptors (Lipinski definition) is 6. The normalized spacial score (nSPS) is 32.5. The molecule has 148 valence electrons. The van der Waals surface area contributed by atoms with Gasteiger partial charge in [0, 0.05) is 25.0 Å². The molecule has 0 radical (unpaired) electrons. The highest BCUT2D eigenvalue weighted by atomic mass is 16.7. The predicted octanol–water partition coefficient (Wildman–Crippen LogP) is 3.95. The minimum atomic E-state index is -0.372. The first-order valence-electron chi connectivity index (χ1n) is 9.51. The third-order valence-electron chi connectivity index (χ3n) is 6.24. The third kappa shape index (κ3) is 3.00. The molecule has 0 aromatic heterocycles. The highest BCUT2D eigenvalue weighted by Gasteiger charge is 2.65. The molecular weight excluding hydrogens is 348 g/mol. The SMILES string of the molecule is COCO[C@@H](c1cc(OC)cc(OC)c1)[C@@]12CCCC[C@@]13C=CO[C@@H](C2)O3. The Morgan fingerprint density at radius 3 is 2.52 bits per heavy atom. The Morgan fingerprint density at radius 1 is 1.07 bits per heavy atom. The lowest BCUT2D eigenvalue weighted by molar-refractivity contribution is -0.194. The van der Waals surface area contributed by atoms with E-state index in [4.69, 9.17) is 28.4 Å². The van der Waals surface area contributed by atoms with Crippen LogP contribution in [0.3, 0.4) is 0 Å². The van der Waals surface area contributed by atoms with Crippen LogP contribution in [0.1, 0.15) is 43.8 Å². The number of hydrogen-bond donors (Lipinski definition) is 0. The summed E-state index contributed by atoms with van der Waals surface area (Å²) in [6, 6.07) is 5.91. The Morgan fingerprint density at radius 2 is 1.81 bits per heavy atom. The lowest BCUT2D eigenvalue weighted by Gasteiger charge is -2.50. The van der Waals surface area contributed by atoms with Crippen molar-refractivity contribution in [2.24, 2.45) is 5.41 Å². The van der Waals surface area contributed by atoms with Crippen LogP contribution in [-0.4, -0.2) is 40.0 Å². The number of rotatable bonds is 7. The number of fused-ring (bicyclic) bond motifs is 1. The van der Waals surface area contributed by atoms with Crippen LogP contribution >= 0.6 is 0 Å². The van der Waals surface area contributed by atoms with Gasteiger partial charge in [0.25, 0.3) is 0 Å². The van der Waals surface area contributed by atoms with Crippen LogP contribution in [0.25, 0.3) is 0 Å². The van der Waals surface area contributed by atoms with E-state index in [1.54, 1.807) is 27.6 Å². The molecule has 1 aliphatic carbocycles. The Hall–Kier alpha value is -1.76. The molecular formula is C21H28O6. The van der Waals surface area contributed by atoms with E-state index in [-0.39, 0.29) is 30.2 Å². The molecule has 3 aliphatic rings. The predicted molar refractivity (Wildman–Crippen MR) is 98.6 cm³/mol. The Kier molecular flexibility index (Phi) is 5.05. The van der Waals surface area contributed by atoms with Gasteiger partial charge in [-0.25, -0.2) is 0 Å². The second kappa shape index (κ2) is 7.34. The van der Waals surface area contributed by atoms with Gasteiger partial charge in [-0.3, -0.25) is 0 Å². The first kappa shape index (κ1) is 18.6. The van der Waals surface area contributed by atoms with Crippen molar-refractivity contribution in [2.75, 3.05) is 28.1 Å². The molecule has 27 heavy (non-hydrogen) atoms. The summed E-state index contributed by atoms with van der Waals surface area (Å²) in [4.78, 5) is 0. The minimum Gasteiger partial charge on any atom is -0.497 e. The minimum absolute atomic E-state index is 0.206. The fourth-order valence-corrected chi connectivity index (χ4v) is 5.07. The van der Waals surface area contributed by atoms with Gasteiger partial charge in [-0.05, 0) is 36.6 Å². The van der Waals surface area contributed by atoms with Gasteiger partial charge in [-0.2, -0.15) is 0 Å². The van der Waals surface area contributed by atoms with Gasteiger partial charge in [-0.15, -0.1) is 0 Å². The zero-order chi connectivity index (χ0) is 18.9. The molecule has 4 atom stereocenters. The third-order valence-corrected chi connectivity index (χ3v) is 6.24. The van der Waals surface area contributed by atoms with Crippen molar-refractivity contribution < 1.29 is 28.4 Å². The van der Waals surface area contributed by atoms with E-state index in [0.29, 0.717) is 0 Å². The van der Waals surface area contributed by atoms with E-state index >= 15 is 0 Å². The van der Waals surface area contributed by atoms with Crippen LogP contribution in [0.4, 0.5) is 0 Å². The smallest absolute Gasteiger partial charge is 0.200 e. The van der Waals surface area contributed by atoms with Crippen LogP contribution in [-0.2, 0) is 18.9 Å². The summed E-state index contributed by atoms with van der Waals surface area (Å²) in [5.41, 5.74) is 0.413. The van der Waals surface area contributed by atoms with Crippen LogP contribution in [0, 0.1) is 5.41 Å². The molecule has 1 spiro atoms. The molecule has 4 rings (SSSR count). The largest absolute Gasteiger partial charge is 0.497 e. The molecule has 1 saturated heterocycles. The molecule has 0 N–H and O–H groups in total. The van der Waals surface area contributed by atoms with E-state index < -0.39 is 0 Å².